The average molecular weight is 246 g/mol. The highest BCUT2D eigenvalue weighted by molar-refractivity contribution is 6.18. The summed E-state index contributed by atoms with van der Waals surface area (Å²) in [6.07, 6.45) is 0. The number of rotatable bonds is 4. The van der Waals surface area contributed by atoms with Crippen molar-refractivity contribution in [2.75, 3.05) is 26.6 Å². The van der Waals surface area contributed by atoms with Crippen molar-refractivity contribution in [3.05, 3.63) is 29.6 Å². The summed E-state index contributed by atoms with van der Waals surface area (Å²) in [6.45, 7) is 0.381. The maximum absolute atomic E-state index is 13.5. The molecule has 1 amide bonds. The maximum atomic E-state index is 13.5. The van der Waals surface area contributed by atoms with Gasteiger partial charge in [-0.2, -0.15) is 0 Å². The van der Waals surface area contributed by atoms with E-state index in [1.165, 1.54) is 24.1 Å². The largest absolute Gasteiger partial charge is 0.497 e. The van der Waals surface area contributed by atoms with Crippen LogP contribution in [0, 0.1) is 5.82 Å². The second-order valence-corrected chi connectivity index (χ2v) is 3.64. The van der Waals surface area contributed by atoms with Gasteiger partial charge in [-0.05, 0) is 12.1 Å². The van der Waals surface area contributed by atoms with Crippen molar-refractivity contribution in [3.8, 4) is 5.75 Å². The topological polar surface area (TPSA) is 29.5 Å². The lowest BCUT2D eigenvalue weighted by Crippen LogP contribution is -2.29. The lowest BCUT2D eigenvalue weighted by molar-refractivity contribution is 0.0798. The maximum Gasteiger partial charge on any atom is 0.256 e. The Kier molecular flexibility index (Phi) is 4.55. The normalized spacial score (nSPS) is 10.0. The third-order valence-electron chi connectivity index (χ3n) is 2.17. The van der Waals surface area contributed by atoms with Crippen LogP contribution in [0.3, 0.4) is 0 Å². The molecule has 0 saturated heterocycles. The lowest BCUT2D eigenvalue weighted by atomic mass is 10.2. The van der Waals surface area contributed by atoms with E-state index < -0.39 is 5.82 Å². The fourth-order valence-corrected chi connectivity index (χ4v) is 1.48. The minimum Gasteiger partial charge on any atom is -0.497 e. The number of carbonyl (C=O) groups is 1. The van der Waals surface area contributed by atoms with Crippen LogP contribution in [-0.4, -0.2) is 37.4 Å². The minimum absolute atomic E-state index is 0.0217. The van der Waals surface area contributed by atoms with E-state index in [1.807, 2.05) is 0 Å². The van der Waals surface area contributed by atoms with Gasteiger partial charge in [0.05, 0.1) is 12.7 Å². The summed E-state index contributed by atoms with van der Waals surface area (Å²) in [5.74, 6) is -0.277. The summed E-state index contributed by atoms with van der Waals surface area (Å²) in [5, 5.41) is 0. The van der Waals surface area contributed by atoms with E-state index >= 15 is 0 Å². The summed E-state index contributed by atoms with van der Waals surface area (Å²) in [4.78, 5) is 13.1. The monoisotopic (exact) mass is 245 g/mol. The van der Waals surface area contributed by atoms with Gasteiger partial charge in [0.15, 0.2) is 0 Å². The number of amides is 1. The van der Waals surface area contributed by atoms with Gasteiger partial charge in [0.1, 0.15) is 11.6 Å². The molecule has 16 heavy (non-hydrogen) atoms. The molecule has 0 bridgehead atoms. The number of methoxy groups -OCH3 is 1. The second kappa shape index (κ2) is 5.70. The lowest BCUT2D eigenvalue weighted by Gasteiger charge is -2.16. The van der Waals surface area contributed by atoms with Crippen molar-refractivity contribution in [1.29, 1.82) is 0 Å². The molecule has 88 valence electrons. The van der Waals surface area contributed by atoms with E-state index in [0.29, 0.717) is 18.2 Å². The number of alkyl halides is 1. The van der Waals surface area contributed by atoms with Gasteiger partial charge < -0.3 is 9.64 Å². The summed E-state index contributed by atoms with van der Waals surface area (Å²) in [6, 6.07) is 4.13. The standard InChI is InChI=1S/C11H13ClFNO2/c1-14(6-5-12)11(15)9-4-3-8(16-2)7-10(9)13/h3-4,7H,5-6H2,1-2H3. The molecule has 0 aromatic heterocycles. The van der Waals surface area contributed by atoms with E-state index in [0.717, 1.165) is 0 Å². The Morgan fingerprint density at radius 3 is 2.75 bits per heavy atom. The summed E-state index contributed by atoms with van der Waals surface area (Å²) in [7, 11) is 3.02. The van der Waals surface area contributed by atoms with Gasteiger partial charge in [0, 0.05) is 25.5 Å². The molecule has 0 spiro atoms. The van der Waals surface area contributed by atoms with Crippen LogP contribution in [0.25, 0.3) is 0 Å². The van der Waals surface area contributed by atoms with Crippen LogP contribution in [0.5, 0.6) is 5.75 Å². The SMILES string of the molecule is COc1ccc(C(=O)N(C)CCCl)c(F)c1. The molecular formula is C11H13ClFNO2. The number of benzene rings is 1. The number of halogens is 2. The first-order chi connectivity index (χ1) is 7.60. The van der Waals surface area contributed by atoms with Gasteiger partial charge in [0.25, 0.3) is 5.91 Å². The highest BCUT2D eigenvalue weighted by Gasteiger charge is 2.16. The van der Waals surface area contributed by atoms with Gasteiger partial charge in [-0.3, -0.25) is 4.79 Å². The molecule has 0 unspecified atom stereocenters. The van der Waals surface area contributed by atoms with E-state index in [2.05, 4.69) is 0 Å². The molecule has 0 saturated carbocycles. The molecule has 0 aliphatic carbocycles. The first-order valence-corrected chi connectivity index (χ1v) is 5.28. The van der Waals surface area contributed by atoms with Gasteiger partial charge in [-0.1, -0.05) is 0 Å². The molecule has 1 rings (SSSR count). The third-order valence-corrected chi connectivity index (χ3v) is 2.34. The Hall–Kier alpha value is -1.29. The van der Waals surface area contributed by atoms with Crippen LogP contribution in [0.1, 0.15) is 10.4 Å². The summed E-state index contributed by atoms with van der Waals surface area (Å²) < 4.78 is 18.4. The number of hydrogen-bond donors (Lipinski definition) is 0. The smallest absolute Gasteiger partial charge is 0.256 e. The van der Waals surface area contributed by atoms with Crippen LogP contribution < -0.4 is 4.74 Å². The Morgan fingerprint density at radius 2 is 2.25 bits per heavy atom. The average Bonchev–Trinajstić information content (AvgIpc) is 2.28. The second-order valence-electron chi connectivity index (χ2n) is 3.26. The van der Waals surface area contributed by atoms with Crippen molar-refractivity contribution in [1.82, 2.24) is 4.90 Å². The number of ether oxygens (including phenoxy) is 1. The van der Waals surface area contributed by atoms with Crippen LogP contribution >= 0.6 is 11.6 Å². The predicted molar refractivity (Wildman–Crippen MR) is 60.6 cm³/mol. The predicted octanol–water partition coefficient (Wildman–Crippen LogP) is 2.15. The Morgan fingerprint density at radius 1 is 1.56 bits per heavy atom. The third kappa shape index (κ3) is 2.85. The van der Waals surface area contributed by atoms with Crippen LogP contribution in [0.2, 0.25) is 0 Å². The van der Waals surface area contributed by atoms with Gasteiger partial charge in [0.2, 0.25) is 0 Å². The molecule has 0 fully saturated rings. The molecule has 3 nitrogen and oxygen atoms in total. The fourth-order valence-electron chi connectivity index (χ4n) is 1.23. The Labute approximate surface area is 98.8 Å². The number of carbonyl (C=O) groups excluding carboxylic acids is 1. The molecule has 0 aliphatic rings. The molecule has 0 heterocycles. The molecule has 0 radical (unpaired) electrons. The molecule has 1 aromatic rings. The van der Waals surface area contributed by atoms with E-state index in [9.17, 15) is 9.18 Å². The highest BCUT2D eigenvalue weighted by Crippen LogP contribution is 2.17. The zero-order valence-electron chi connectivity index (χ0n) is 9.17. The van der Waals surface area contributed by atoms with Crippen molar-refractivity contribution in [3.63, 3.8) is 0 Å². The van der Waals surface area contributed by atoms with Gasteiger partial charge >= 0.3 is 0 Å². The van der Waals surface area contributed by atoms with Crippen LogP contribution in [-0.2, 0) is 0 Å². The number of nitrogens with zero attached hydrogens (tertiary/aromatic N) is 1. The van der Waals surface area contributed by atoms with E-state index in [1.54, 1.807) is 13.1 Å². The van der Waals surface area contributed by atoms with Crippen molar-refractivity contribution < 1.29 is 13.9 Å². The molecular weight excluding hydrogens is 233 g/mol. The summed E-state index contributed by atoms with van der Waals surface area (Å²) >= 11 is 5.51. The Bertz CT molecular complexity index is 384. The zero-order valence-corrected chi connectivity index (χ0v) is 9.92. The van der Waals surface area contributed by atoms with Crippen LogP contribution in [0.4, 0.5) is 4.39 Å². The van der Waals surface area contributed by atoms with Crippen molar-refractivity contribution >= 4 is 17.5 Å². The van der Waals surface area contributed by atoms with Gasteiger partial charge in [-0.15, -0.1) is 11.6 Å². The van der Waals surface area contributed by atoms with E-state index in [-0.39, 0.29) is 11.5 Å². The molecule has 0 atom stereocenters. The molecule has 0 N–H and O–H groups in total. The number of hydrogen-bond acceptors (Lipinski definition) is 2. The quantitative estimate of drug-likeness (QED) is 0.761. The van der Waals surface area contributed by atoms with Gasteiger partial charge in [-0.25, -0.2) is 4.39 Å². The fraction of sp³-hybridized carbons (Fsp3) is 0.364. The highest BCUT2D eigenvalue weighted by atomic mass is 35.5. The van der Waals surface area contributed by atoms with E-state index in [4.69, 9.17) is 16.3 Å². The first-order valence-electron chi connectivity index (χ1n) is 4.75. The molecule has 5 heteroatoms. The Balaban J connectivity index is 2.91. The van der Waals surface area contributed by atoms with Crippen molar-refractivity contribution in [2.45, 2.75) is 0 Å². The van der Waals surface area contributed by atoms with Crippen molar-refractivity contribution in [2.24, 2.45) is 0 Å². The summed E-state index contributed by atoms with van der Waals surface area (Å²) in [5.41, 5.74) is 0.0217. The van der Waals surface area contributed by atoms with Crippen LogP contribution in [0.15, 0.2) is 18.2 Å². The zero-order chi connectivity index (χ0) is 12.1. The minimum atomic E-state index is -0.592. The molecule has 0 aliphatic heterocycles. The first kappa shape index (κ1) is 12.8. The molecule has 1 aromatic carbocycles.